The first-order chi connectivity index (χ1) is 7.99. The van der Waals surface area contributed by atoms with Gasteiger partial charge in [-0.25, -0.2) is 0 Å². The molecular weight excluding hydrogens is 208 g/mol. The van der Waals surface area contributed by atoms with E-state index in [0.717, 1.165) is 0 Å². The van der Waals surface area contributed by atoms with E-state index in [4.69, 9.17) is 0 Å². The predicted octanol–water partition coefficient (Wildman–Crippen LogP) is 5.77. The van der Waals surface area contributed by atoms with E-state index in [1.165, 1.54) is 51.4 Å². The Morgan fingerprint density at radius 1 is 0.824 bits per heavy atom. The van der Waals surface area contributed by atoms with Crippen molar-refractivity contribution in [3.05, 3.63) is 0 Å². The molecule has 0 aliphatic rings. The summed E-state index contributed by atoms with van der Waals surface area (Å²) in [7, 11) is 0. The Morgan fingerprint density at radius 2 is 1.47 bits per heavy atom. The van der Waals surface area contributed by atoms with Gasteiger partial charge in [-0.15, -0.1) is 0 Å². The maximum atomic E-state index is 4.53. The first-order valence-electron chi connectivity index (χ1n) is 7.41. The third-order valence-corrected chi connectivity index (χ3v) is 2.78. The van der Waals surface area contributed by atoms with Crippen LogP contribution < -0.4 is 0 Å². The van der Waals surface area contributed by atoms with E-state index >= 15 is 0 Å². The average Bonchev–Trinajstić information content (AvgIpc) is 2.24. The van der Waals surface area contributed by atoms with Gasteiger partial charge in [-0.3, -0.25) is 0 Å². The second-order valence-electron chi connectivity index (χ2n) is 6.03. The van der Waals surface area contributed by atoms with Crippen LogP contribution in [0.3, 0.4) is 0 Å². The summed E-state index contributed by atoms with van der Waals surface area (Å²) in [5, 5.41) is 8.94. The SMILES string of the molecule is CCCCCCCC(CCC)N=NC(C)(C)C. The first kappa shape index (κ1) is 16.6. The molecule has 0 aliphatic heterocycles. The second kappa shape index (κ2) is 9.61. The lowest BCUT2D eigenvalue weighted by Gasteiger charge is -2.14. The van der Waals surface area contributed by atoms with Gasteiger partial charge in [0, 0.05) is 0 Å². The molecule has 0 N–H and O–H groups in total. The zero-order chi connectivity index (χ0) is 13.1. The summed E-state index contributed by atoms with van der Waals surface area (Å²) in [6.07, 6.45) is 10.4. The molecule has 0 aromatic carbocycles. The van der Waals surface area contributed by atoms with Crippen molar-refractivity contribution >= 4 is 0 Å². The van der Waals surface area contributed by atoms with E-state index < -0.39 is 0 Å². The summed E-state index contributed by atoms with van der Waals surface area (Å²) in [4.78, 5) is 0. The lowest BCUT2D eigenvalue weighted by Crippen LogP contribution is -2.11. The largest absolute Gasteiger partial charge is 0.190 e. The second-order valence-corrected chi connectivity index (χ2v) is 6.03. The zero-order valence-electron chi connectivity index (χ0n) is 12.6. The Balaban J connectivity index is 3.86. The average molecular weight is 240 g/mol. The van der Waals surface area contributed by atoms with Gasteiger partial charge < -0.3 is 0 Å². The normalized spacial score (nSPS) is 14.4. The van der Waals surface area contributed by atoms with Crippen molar-refractivity contribution in [2.24, 2.45) is 10.2 Å². The number of nitrogens with zero attached hydrogens (tertiary/aromatic N) is 2. The van der Waals surface area contributed by atoms with Crippen molar-refractivity contribution < 1.29 is 0 Å². The maximum Gasteiger partial charge on any atom is 0.0732 e. The lowest BCUT2D eigenvalue weighted by molar-refractivity contribution is 0.457. The lowest BCUT2D eigenvalue weighted by atomic mass is 10.0. The third kappa shape index (κ3) is 11.9. The van der Waals surface area contributed by atoms with Gasteiger partial charge in [0.05, 0.1) is 11.6 Å². The fraction of sp³-hybridized carbons (Fsp3) is 1.00. The molecule has 0 saturated heterocycles. The number of unbranched alkanes of at least 4 members (excludes halogenated alkanes) is 4. The van der Waals surface area contributed by atoms with Crippen molar-refractivity contribution in [1.82, 2.24) is 0 Å². The fourth-order valence-electron chi connectivity index (χ4n) is 1.83. The van der Waals surface area contributed by atoms with Crippen LogP contribution in [-0.4, -0.2) is 11.6 Å². The molecule has 0 amide bonds. The van der Waals surface area contributed by atoms with Crippen LogP contribution in [-0.2, 0) is 0 Å². The van der Waals surface area contributed by atoms with Crippen LogP contribution in [0.5, 0.6) is 0 Å². The molecule has 2 nitrogen and oxygen atoms in total. The summed E-state index contributed by atoms with van der Waals surface area (Å²) in [6.45, 7) is 10.8. The van der Waals surface area contributed by atoms with Crippen LogP contribution in [0.1, 0.15) is 86.0 Å². The van der Waals surface area contributed by atoms with E-state index in [0.29, 0.717) is 6.04 Å². The van der Waals surface area contributed by atoms with Crippen LogP contribution in [0.25, 0.3) is 0 Å². The summed E-state index contributed by atoms with van der Waals surface area (Å²) in [5.74, 6) is 0. The summed E-state index contributed by atoms with van der Waals surface area (Å²) in [6, 6.07) is 0.459. The van der Waals surface area contributed by atoms with Gasteiger partial charge in [0.25, 0.3) is 0 Å². The van der Waals surface area contributed by atoms with Gasteiger partial charge in [0.15, 0.2) is 0 Å². The molecule has 17 heavy (non-hydrogen) atoms. The van der Waals surface area contributed by atoms with Crippen LogP contribution in [0.2, 0.25) is 0 Å². The van der Waals surface area contributed by atoms with E-state index in [9.17, 15) is 0 Å². The highest BCUT2D eigenvalue weighted by Gasteiger charge is 2.10. The number of hydrogen-bond acceptors (Lipinski definition) is 2. The van der Waals surface area contributed by atoms with Gasteiger partial charge in [-0.1, -0.05) is 52.4 Å². The van der Waals surface area contributed by atoms with E-state index in [-0.39, 0.29) is 5.54 Å². The van der Waals surface area contributed by atoms with Crippen molar-refractivity contribution in [2.75, 3.05) is 0 Å². The predicted molar refractivity (Wildman–Crippen MR) is 76.7 cm³/mol. The van der Waals surface area contributed by atoms with Crippen molar-refractivity contribution in [3.63, 3.8) is 0 Å². The highest BCUT2D eigenvalue weighted by molar-refractivity contribution is 4.70. The van der Waals surface area contributed by atoms with Gasteiger partial charge in [-0.05, 0) is 33.6 Å². The van der Waals surface area contributed by atoms with Gasteiger partial charge in [0.2, 0.25) is 0 Å². The molecule has 2 heteroatoms. The topological polar surface area (TPSA) is 24.7 Å². The molecule has 0 aliphatic carbocycles. The van der Waals surface area contributed by atoms with Crippen LogP contribution in [0.4, 0.5) is 0 Å². The number of azo groups is 1. The molecule has 0 aromatic heterocycles. The van der Waals surface area contributed by atoms with Crippen molar-refractivity contribution in [2.45, 2.75) is 97.6 Å². The van der Waals surface area contributed by atoms with Gasteiger partial charge >= 0.3 is 0 Å². The first-order valence-corrected chi connectivity index (χ1v) is 7.41. The van der Waals surface area contributed by atoms with Crippen molar-refractivity contribution in [3.8, 4) is 0 Å². The summed E-state index contributed by atoms with van der Waals surface area (Å²) >= 11 is 0. The van der Waals surface area contributed by atoms with Gasteiger partial charge in [0.1, 0.15) is 0 Å². The smallest absolute Gasteiger partial charge is 0.0732 e. The Labute approximate surface area is 108 Å². The molecule has 1 unspecified atom stereocenters. The molecule has 0 spiro atoms. The molecule has 0 aromatic rings. The molecule has 0 rings (SSSR count). The molecule has 1 atom stereocenters. The fourth-order valence-corrected chi connectivity index (χ4v) is 1.83. The molecule has 0 fully saturated rings. The Bertz CT molecular complexity index is 192. The van der Waals surface area contributed by atoms with Crippen LogP contribution in [0.15, 0.2) is 10.2 Å². The van der Waals surface area contributed by atoms with Crippen LogP contribution >= 0.6 is 0 Å². The number of hydrogen-bond donors (Lipinski definition) is 0. The monoisotopic (exact) mass is 240 g/mol. The highest BCUT2D eigenvalue weighted by Crippen LogP contribution is 2.16. The highest BCUT2D eigenvalue weighted by atomic mass is 15.2. The van der Waals surface area contributed by atoms with E-state index in [1.807, 2.05) is 0 Å². The van der Waals surface area contributed by atoms with Crippen molar-refractivity contribution in [1.29, 1.82) is 0 Å². The number of rotatable bonds is 9. The van der Waals surface area contributed by atoms with E-state index in [1.54, 1.807) is 0 Å². The quantitative estimate of drug-likeness (QED) is 0.361. The minimum atomic E-state index is -0.0196. The third-order valence-electron chi connectivity index (χ3n) is 2.78. The van der Waals surface area contributed by atoms with Crippen LogP contribution in [0, 0.1) is 0 Å². The Kier molecular flexibility index (Phi) is 9.39. The molecule has 0 radical (unpaired) electrons. The van der Waals surface area contributed by atoms with Gasteiger partial charge in [-0.2, -0.15) is 10.2 Å². The maximum absolute atomic E-state index is 4.53. The molecule has 0 heterocycles. The zero-order valence-corrected chi connectivity index (χ0v) is 12.6. The summed E-state index contributed by atoms with van der Waals surface area (Å²) < 4.78 is 0. The Hall–Kier alpha value is -0.400. The molecule has 102 valence electrons. The minimum Gasteiger partial charge on any atom is -0.190 e. The summed E-state index contributed by atoms with van der Waals surface area (Å²) in [5.41, 5.74) is -0.0196. The Morgan fingerprint density at radius 3 is 2.00 bits per heavy atom. The standard InChI is InChI=1S/C15H32N2/c1-6-8-9-10-11-13-14(12-7-2)16-17-15(3,4)5/h14H,6-13H2,1-5H3. The molecular formula is C15H32N2. The minimum absolute atomic E-state index is 0.0196. The van der Waals surface area contributed by atoms with E-state index in [2.05, 4.69) is 44.8 Å². The molecule has 0 saturated carbocycles. The molecule has 0 bridgehead atoms.